The first-order valence-electron chi connectivity index (χ1n) is 8.57. The molecule has 0 saturated carbocycles. The number of nitrogens with one attached hydrogen (secondary N) is 3. The molecule has 0 atom stereocenters. The van der Waals surface area contributed by atoms with Crippen LogP contribution in [0, 0.1) is 10.5 Å². The third kappa shape index (κ3) is 5.16. The normalized spacial score (nSPS) is 10.3. The maximum Gasteiger partial charge on any atom is 0.256 e. The van der Waals surface area contributed by atoms with Crippen LogP contribution < -0.4 is 16.0 Å². The van der Waals surface area contributed by atoms with Crippen LogP contribution in [0.15, 0.2) is 54.6 Å². The van der Waals surface area contributed by atoms with Crippen LogP contribution in [0.1, 0.15) is 23.0 Å². The van der Waals surface area contributed by atoms with Gasteiger partial charge in [0.25, 0.3) is 5.91 Å². The highest BCUT2D eigenvalue weighted by Crippen LogP contribution is 2.20. The summed E-state index contributed by atoms with van der Waals surface area (Å²) in [5.74, 6) is 1.19. The molecular formula is C20H20IN5O. The van der Waals surface area contributed by atoms with Crippen molar-refractivity contribution in [3.8, 4) is 0 Å². The summed E-state index contributed by atoms with van der Waals surface area (Å²) in [5.41, 5.74) is 3.10. The summed E-state index contributed by atoms with van der Waals surface area (Å²) >= 11 is 2.16. The van der Waals surface area contributed by atoms with Gasteiger partial charge in [-0.25, -0.2) is 4.98 Å². The van der Waals surface area contributed by atoms with E-state index < -0.39 is 0 Å². The number of aromatic nitrogens is 2. The van der Waals surface area contributed by atoms with Gasteiger partial charge in [-0.1, -0.05) is 12.1 Å². The lowest BCUT2D eigenvalue weighted by Gasteiger charge is -2.10. The fourth-order valence-corrected chi connectivity index (χ4v) is 3.14. The number of carbonyl (C=O) groups is 1. The van der Waals surface area contributed by atoms with E-state index in [2.05, 4.69) is 48.5 Å². The van der Waals surface area contributed by atoms with Gasteiger partial charge in [0.05, 0.1) is 5.56 Å². The molecule has 27 heavy (non-hydrogen) atoms. The van der Waals surface area contributed by atoms with Crippen LogP contribution in [0.3, 0.4) is 0 Å². The number of hydrogen-bond donors (Lipinski definition) is 3. The predicted octanol–water partition coefficient (Wildman–Crippen LogP) is 4.82. The molecule has 1 heterocycles. The summed E-state index contributed by atoms with van der Waals surface area (Å²) in [6, 6.07) is 16.8. The molecule has 0 spiro atoms. The van der Waals surface area contributed by atoms with Gasteiger partial charge in [-0.15, -0.1) is 0 Å². The average Bonchev–Trinajstić information content (AvgIpc) is 2.63. The summed E-state index contributed by atoms with van der Waals surface area (Å²) in [6.07, 6.45) is 0. The van der Waals surface area contributed by atoms with E-state index in [-0.39, 0.29) is 5.91 Å². The van der Waals surface area contributed by atoms with Crippen molar-refractivity contribution in [2.75, 3.05) is 22.5 Å². The van der Waals surface area contributed by atoms with E-state index in [1.807, 2.05) is 68.4 Å². The van der Waals surface area contributed by atoms with Crippen molar-refractivity contribution in [1.82, 2.24) is 9.97 Å². The molecule has 0 radical (unpaired) electrons. The van der Waals surface area contributed by atoms with Crippen molar-refractivity contribution in [2.45, 2.75) is 13.8 Å². The lowest BCUT2D eigenvalue weighted by Crippen LogP contribution is -2.13. The smallest absolute Gasteiger partial charge is 0.256 e. The van der Waals surface area contributed by atoms with E-state index >= 15 is 0 Å². The van der Waals surface area contributed by atoms with E-state index in [4.69, 9.17) is 0 Å². The maximum absolute atomic E-state index is 12.4. The molecule has 6 nitrogen and oxygen atoms in total. The number of rotatable bonds is 6. The summed E-state index contributed by atoms with van der Waals surface area (Å²) in [4.78, 5) is 21.2. The van der Waals surface area contributed by atoms with Gasteiger partial charge in [-0.3, -0.25) is 4.79 Å². The van der Waals surface area contributed by atoms with E-state index in [9.17, 15) is 4.79 Å². The zero-order valence-corrected chi connectivity index (χ0v) is 17.2. The summed E-state index contributed by atoms with van der Waals surface area (Å²) in [6.45, 7) is 4.75. The van der Waals surface area contributed by atoms with Gasteiger partial charge in [0, 0.05) is 33.3 Å². The first-order chi connectivity index (χ1) is 13.0. The fraction of sp³-hybridized carbons (Fsp3) is 0.150. The Morgan fingerprint density at radius 1 is 1.04 bits per heavy atom. The second-order valence-corrected chi connectivity index (χ2v) is 7.05. The molecule has 3 aromatic rings. The van der Waals surface area contributed by atoms with Crippen LogP contribution >= 0.6 is 22.6 Å². The lowest BCUT2D eigenvalue weighted by molar-refractivity contribution is 0.102. The number of nitrogens with zero attached hydrogens (tertiary/aromatic N) is 2. The summed E-state index contributed by atoms with van der Waals surface area (Å²) in [7, 11) is 0. The Morgan fingerprint density at radius 2 is 1.74 bits per heavy atom. The van der Waals surface area contributed by atoms with E-state index in [1.165, 1.54) is 0 Å². The molecule has 0 aliphatic carbocycles. The zero-order valence-electron chi connectivity index (χ0n) is 15.1. The molecule has 138 valence electrons. The number of carbonyl (C=O) groups excluding carboxylic acids is 1. The van der Waals surface area contributed by atoms with Crippen molar-refractivity contribution in [3.05, 3.63) is 69.4 Å². The standard InChI is InChI=1S/C20H20IN5O/c1-3-22-18-12-13(2)23-20(26-18)25-15-10-8-14(9-11-15)24-19(27)16-6-4-5-7-17(16)21/h4-12H,3H2,1-2H3,(H,24,27)(H2,22,23,25,26). The third-order valence-corrected chi connectivity index (χ3v) is 4.67. The van der Waals surface area contributed by atoms with Crippen LogP contribution in [-0.4, -0.2) is 22.4 Å². The second-order valence-electron chi connectivity index (χ2n) is 5.88. The number of hydrogen-bond acceptors (Lipinski definition) is 5. The van der Waals surface area contributed by atoms with Gasteiger partial charge in [-0.2, -0.15) is 4.98 Å². The molecule has 1 aromatic heterocycles. The van der Waals surface area contributed by atoms with Crippen molar-refractivity contribution in [2.24, 2.45) is 0 Å². The number of aryl methyl sites for hydroxylation is 1. The Labute approximate surface area is 172 Å². The molecule has 0 saturated heterocycles. The molecule has 3 rings (SSSR count). The molecule has 0 unspecified atom stereocenters. The van der Waals surface area contributed by atoms with Gasteiger partial charge in [0.1, 0.15) is 5.82 Å². The first kappa shape index (κ1) is 19.1. The molecule has 1 amide bonds. The topological polar surface area (TPSA) is 78.9 Å². The van der Waals surface area contributed by atoms with Gasteiger partial charge in [0.2, 0.25) is 5.95 Å². The van der Waals surface area contributed by atoms with E-state index in [0.29, 0.717) is 11.5 Å². The highest BCUT2D eigenvalue weighted by Gasteiger charge is 2.09. The van der Waals surface area contributed by atoms with Crippen molar-refractivity contribution < 1.29 is 4.79 Å². The van der Waals surface area contributed by atoms with Crippen LogP contribution in [0.5, 0.6) is 0 Å². The molecule has 7 heteroatoms. The largest absolute Gasteiger partial charge is 0.370 e. The van der Waals surface area contributed by atoms with Gasteiger partial charge < -0.3 is 16.0 Å². The van der Waals surface area contributed by atoms with Gasteiger partial charge >= 0.3 is 0 Å². The Kier molecular flexibility index (Phi) is 6.23. The van der Waals surface area contributed by atoms with Crippen molar-refractivity contribution >= 4 is 51.6 Å². The molecule has 3 N–H and O–H groups in total. The first-order valence-corrected chi connectivity index (χ1v) is 9.65. The van der Waals surface area contributed by atoms with Crippen LogP contribution in [-0.2, 0) is 0 Å². The average molecular weight is 473 g/mol. The van der Waals surface area contributed by atoms with Gasteiger partial charge in [0.15, 0.2) is 0 Å². The lowest BCUT2D eigenvalue weighted by atomic mass is 10.2. The van der Waals surface area contributed by atoms with Crippen molar-refractivity contribution in [3.63, 3.8) is 0 Å². The number of amides is 1. The van der Waals surface area contributed by atoms with Crippen LogP contribution in [0.4, 0.5) is 23.1 Å². The minimum atomic E-state index is -0.127. The maximum atomic E-state index is 12.4. The fourth-order valence-electron chi connectivity index (χ4n) is 2.51. The monoisotopic (exact) mass is 473 g/mol. The Bertz CT molecular complexity index is 943. The summed E-state index contributed by atoms with van der Waals surface area (Å²) < 4.78 is 0.916. The number of benzene rings is 2. The molecule has 0 bridgehead atoms. The molecular weight excluding hydrogens is 453 g/mol. The SMILES string of the molecule is CCNc1cc(C)nc(Nc2ccc(NC(=O)c3ccccc3I)cc2)n1. The predicted molar refractivity (Wildman–Crippen MR) is 118 cm³/mol. The third-order valence-electron chi connectivity index (χ3n) is 3.73. The van der Waals surface area contributed by atoms with Crippen molar-refractivity contribution in [1.29, 1.82) is 0 Å². The van der Waals surface area contributed by atoms with Crippen LogP contribution in [0.25, 0.3) is 0 Å². The highest BCUT2D eigenvalue weighted by atomic mass is 127. The Balaban J connectivity index is 1.69. The minimum Gasteiger partial charge on any atom is -0.370 e. The number of anilines is 4. The number of halogens is 1. The minimum absolute atomic E-state index is 0.127. The Hall–Kier alpha value is -2.68. The Morgan fingerprint density at radius 3 is 2.44 bits per heavy atom. The summed E-state index contributed by atoms with van der Waals surface area (Å²) in [5, 5.41) is 9.29. The van der Waals surface area contributed by atoms with Gasteiger partial charge in [-0.05, 0) is 72.8 Å². The highest BCUT2D eigenvalue weighted by molar-refractivity contribution is 14.1. The van der Waals surface area contributed by atoms with Crippen LogP contribution in [0.2, 0.25) is 0 Å². The second kappa shape index (κ2) is 8.81. The van der Waals surface area contributed by atoms with E-state index in [0.717, 1.165) is 33.0 Å². The molecule has 0 aliphatic rings. The molecule has 2 aromatic carbocycles. The van der Waals surface area contributed by atoms with E-state index in [1.54, 1.807) is 0 Å². The molecule has 0 aliphatic heterocycles. The quantitative estimate of drug-likeness (QED) is 0.448. The molecule has 0 fully saturated rings. The zero-order chi connectivity index (χ0) is 19.2.